The van der Waals surface area contributed by atoms with Crippen LogP contribution in [0.15, 0.2) is 72.0 Å². The summed E-state index contributed by atoms with van der Waals surface area (Å²) >= 11 is 0. The van der Waals surface area contributed by atoms with Gasteiger partial charge in [0.2, 0.25) is 0 Å². The molecule has 1 aromatic heterocycles. The Bertz CT molecular complexity index is 976. The van der Waals surface area contributed by atoms with E-state index in [9.17, 15) is 0 Å². The molecule has 1 fully saturated rings. The lowest BCUT2D eigenvalue weighted by atomic mass is 10.1. The summed E-state index contributed by atoms with van der Waals surface area (Å²) in [6.07, 6.45) is 3.81. The van der Waals surface area contributed by atoms with Gasteiger partial charge < -0.3 is 19.9 Å². The molecule has 0 saturated carbocycles. The van der Waals surface area contributed by atoms with Crippen LogP contribution in [0, 0.1) is 0 Å². The predicted molar refractivity (Wildman–Crippen MR) is 125 cm³/mol. The first-order valence-electron chi connectivity index (χ1n) is 10.7. The second kappa shape index (κ2) is 10.0. The average molecular weight is 419 g/mol. The Kier molecular flexibility index (Phi) is 6.72. The molecular formula is C24H30N6O. The van der Waals surface area contributed by atoms with Crippen molar-refractivity contribution in [2.75, 3.05) is 45.2 Å². The number of hydrogen-bond donors (Lipinski definition) is 1. The summed E-state index contributed by atoms with van der Waals surface area (Å²) in [7, 11) is 3.55. The number of guanidine groups is 1. The molecule has 162 valence electrons. The molecule has 0 atom stereocenters. The number of nitrogens with one attached hydrogen (secondary N) is 1. The molecule has 0 unspecified atom stereocenters. The van der Waals surface area contributed by atoms with E-state index in [2.05, 4.69) is 61.6 Å². The summed E-state index contributed by atoms with van der Waals surface area (Å²) in [5, 5.41) is 7.89. The minimum atomic E-state index is 0.739. The van der Waals surface area contributed by atoms with Gasteiger partial charge in [0.05, 0.1) is 13.7 Å². The molecule has 3 aromatic rings. The maximum absolute atomic E-state index is 5.26. The van der Waals surface area contributed by atoms with Crippen molar-refractivity contribution in [2.45, 2.75) is 13.1 Å². The van der Waals surface area contributed by atoms with E-state index in [-0.39, 0.29) is 0 Å². The highest BCUT2D eigenvalue weighted by Gasteiger charge is 2.20. The topological polar surface area (TPSA) is 57.9 Å². The fourth-order valence-electron chi connectivity index (χ4n) is 3.93. The predicted octanol–water partition coefficient (Wildman–Crippen LogP) is 2.84. The third-order valence-electron chi connectivity index (χ3n) is 5.68. The van der Waals surface area contributed by atoms with Crippen molar-refractivity contribution in [3.63, 3.8) is 0 Å². The number of piperazine rings is 1. The van der Waals surface area contributed by atoms with Crippen molar-refractivity contribution in [2.24, 2.45) is 4.99 Å². The molecule has 4 rings (SSSR count). The first-order chi connectivity index (χ1) is 15.3. The average Bonchev–Trinajstić information content (AvgIpc) is 3.34. The van der Waals surface area contributed by atoms with E-state index in [1.807, 2.05) is 42.3 Å². The summed E-state index contributed by atoms with van der Waals surface area (Å²) in [5.41, 5.74) is 3.76. The highest BCUT2D eigenvalue weighted by Crippen LogP contribution is 2.20. The van der Waals surface area contributed by atoms with Crippen molar-refractivity contribution >= 4 is 11.6 Å². The normalized spacial score (nSPS) is 14.6. The molecule has 1 aliphatic heterocycles. The number of aromatic nitrogens is 2. The smallest absolute Gasteiger partial charge is 0.194 e. The van der Waals surface area contributed by atoms with Crippen LogP contribution < -0.4 is 15.0 Å². The first kappa shape index (κ1) is 20.8. The standard InChI is InChI=1S/C24H30N6O/c1-25-24(26-18-20-6-3-4-7-21(20)19-30-13-5-12-27-30)29-16-14-28(15-17-29)22-8-10-23(31-2)11-9-22/h3-13H,14-19H2,1-2H3,(H,25,26). The van der Waals surface area contributed by atoms with Crippen molar-refractivity contribution in [3.8, 4) is 5.75 Å². The highest BCUT2D eigenvalue weighted by atomic mass is 16.5. The van der Waals surface area contributed by atoms with Gasteiger partial charge in [-0.1, -0.05) is 24.3 Å². The molecule has 1 aliphatic rings. The second-order valence-electron chi connectivity index (χ2n) is 7.55. The number of anilines is 1. The van der Waals surface area contributed by atoms with Crippen LogP contribution in [-0.4, -0.2) is 61.0 Å². The van der Waals surface area contributed by atoms with Gasteiger partial charge in [0.1, 0.15) is 5.75 Å². The second-order valence-corrected chi connectivity index (χ2v) is 7.55. The number of hydrogen-bond acceptors (Lipinski definition) is 4. The SMILES string of the molecule is CN=C(NCc1ccccc1Cn1cccn1)N1CCN(c2ccc(OC)cc2)CC1. The first-order valence-corrected chi connectivity index (χ1v) is 10.7. The van der Waals surface area contributed by atoms with Gasteiger partial charge in [-0.25, -0.2) is 0 Å². The van der Waals surface area contributed by atoms with Gasteiger partial charge in [0.15, 0.2) is 5.96 Å². The zero-order valence-corrected chi connectivity index (χ0v) is 18.2. The van der Waals surface area contributed by atoms with Crippen LogP contribution in [0.4, 0.5) is 5.69 Å². The van der Waals surface area contributed by atoms with E-state index in [0.717, 1.165) is 51.0 Å². The van der Waals surface area contributed by atoms with Crippen molar-refractivity contribution < 1.29 is 4.74 Å². The molecule has 1 saturated heterocycles. The zero-order valence-electron chi connectivity index (χ0n) is 18.2. The van der Waals surface area contributed by atoms with Crippen LogP contribution in [0.1, 0.15) is 11.1 Å². The number of benzene rings is 2. The lowest BCUT2D eigenvalue weighted by Crippen LogP contribution is -2.52. The third-order valence-corrected chi connectivity index (χ3v) is 5.68. The Morgan fingerprint density at radius 3 is 2.39 bits per heavy atom. The van der Waals surface area contributed by atoms with E-state index >= 15 is 0 Å². The van der Waals surface area contributed by atoms with Gasteiger partial charge in [0.25, 0.3) is 0 Å². The molecule has 0 bridgehead atoms. The fourth-order valence-corrected chi connectivity index (χ4v) is 3.93. The van der Waals surface area contributed by atoms with Crippen molar-refractivity contribution in [1.29, 1.82) is 0 Å². The summed E-state index contributed by atoms with van der Waals surface area (Å²) < 4.78 is 7.22. The number of methoxy groups -OCH3 is 1. The molecule has 0 aliphatic carbocycles. The lowest BCUT2D eigenvalue weighted by Gasteiger charge is -2.37. The van der Waals surface area contributed by atoms with E-state index < -0.39 is 0 Å². The minimum Gasteiger partial charge on any atom is -0.497 e. The number of ether oxygens (including phenoxy) is 1. The number of rotatable bonds is 6. The molecule has 7 heteroatoms. The Hall–Kier alpha value is -3.48. The largest absolute Gasteiger partial charge is 0.497 e. The van der Waals surface area contributed by atoms with Crippen LogP contribution in [0.25, 0.3) is 0 Å². The summed E-state index contributed by atoms with van der Waals surface area (Å²) in [4.78, 5) is 9.27. The molecule has 7 nitrogen and oxygen atoms in total. The monoisotopic (exact) mass is 418 g/mol. The number of aliphatic imine (C=N–C) groups is 1. The summed E-state index contributed by atoms with van der Waals surface area (Å²) in [6, 6.07) is 18.7. The van der Waals surface area contributed by atoms with E-state index in [0.29, 0.717) is 0 Å². The quantitative estimate of drug-likeness (QED) is 0.493. The van der Waals surface area contributed by atoms with Crippen LogP contribution >= 0.6 is 0 Å². The highest BCUT2D eigenvalue weighted by molar-refractivity contribution is 5.80. The maximum Gasteiger partial charge on any atom is 0.194 e. The van der Waals surface area contributed by atoms with Crippen LogP contribution in [-0.2, 0) is 13.1 Å². The molecule has 1 N–H and O–H groups in total. The Labute approximate surface area is 184 Å². The fraction of sp³-hybridized carbons (Fsp3) is 0.333. The molecule has 31 heavy (non-hydrogen) atoms. The third kappa shape index (κ3) is 5.17. The zero-order chi connectivity index (χ0) is 21.5. The maximum atomic E-state index is 5.26. The van der Waals surface area contributed by atoms with E-state index in [4.69, 9.17) is 4.74 Å². The van der Waals surface area contributed by atoms with Gasteiger partial charge in [-0.3, -0.25) is 9.67 Å². The van der Waals surface area contributed by atoms with Crippen molar-refractivity contribution in [1.82, 2.24) is 20.0 Å². The van der Waals surface area contributed by atoms with Gasteiger partial charge >= 0.3 is 0 Å². The van der Waals surface area contributed by atoms with E-state index in [1.54, 1.807) is 7.11 Å². The lowest BCUT2D eigenvalue weighted by molar-refractivity contribution is 0.372. The van der Waals surface area contributed by atoms with Gasteiger partial charge in [-0.05, 0) is 41.5 Å². The molecule has 0 spiro atoms. The van der Waals surface area contributed by atoms with Crippen molar-refractivity contribution in [3.05, 3.63) is 78.1 Å². The van der Waals surface area contributed by atoms with Gasteiger partial charge in [-0.2, -0.15) is 5.10 Å². The van der Waals surface area contributed by atoms with Gasteiger partial charge in [0, 0.05) is 57.9 Å². The Morgan fingerprint density at radius 1 is 1.00 bits per heavy atom. The van der Waals surface area contributed by atoms with E-state index in [1.165, 1.54) is 16.8 Å². The minimum absolute atomic E-state index is 0.739. The summed E-state index contributed by atoms with van der Waals surface area (Å²) in [5.74, 6) is 1.84. The Morgan fingerprint density at radius 2 is 1.74 bits per heavy atom. The molecule has 0 amide bonds. The molecule has 2 heterocycles. The molecular weight excluding hydrogens is 388 g/mol. The van der Waals surface area contributed by atoms with Gasteiger partial charge in [-0.15, -0.1) is 0 Å². The molecule has 0 radical (unpaired) electrons. The molecule has 2 aromatic carbocycles. The number of nitrogens with zero attached hydrogens (tertiary/aromatic N) is 5. The van der Waals surface area contributed by atoms with Crippen LogP contribution in [0.5, 0.6) is 5.75 Å². The van der Waals surface area contributed by atoms with Crippen LogP contribution in [0.2, 0.25) is 0 Å². The van der Waals surface area contributed by atoms with Crippen LogP contribution in [0.3, 0.4) is 0 Å². The summed E-state index contributed by atoms with van der Waals surface area (Å²) in [6.45, 7) is 5.29. The Balaban J connectivity index is 1.33.